The Morgan fingerprint density at radius 3 is 2.48 bits per heavy atom. The van der Waals surface area contributed by atoms with E-state index >= 15 is 0 Å². The smallest absolute Gasteiger partial charge is 0.226 e. The first-order valence-electron chi connectivity index (χ1n) is 7.98. The van der Waals surface area contributed by atoms with E-state index in [4.69, 9.17) is 0 Å². The first kappa shape index (κ1) is 15.6. The van der Waals surface area contributed by atoms with Crippen molar-refractivity contribution in [3.05, 3.63) is 35.9 Å². The maximum atomic E-state index is 11.6. The molecular weight excluding hydrogens is 260 g/mol. The third-order valence-corrected chi connectivity index (χ3v) is 3.84. The highest BCUT2D eigenvalue weighted by atomic mass is 16.1. The largest absolute Gasteiger partial charge is 0.385 e. The first-order chi connectivity index (χ1) is 10.1. The lowest BCUT2D eigenvalue weighted by molar-refractivity contribution is -0.118. The summed E-state index contributed by atoms with van der Waals surface area (Å²) in [6.07, 6.45) is 8.74. The summed E-state index contributed by atoms with van der Waals surface area (Å²) < 4.78 is 0. The molecule has 1 aliphatic rings. The lowest BCUT2D eigenvalue weighted by Gasteiger charge is -2.14. The van der Waals surface area contributed by atoms with E-state index in [0.717, 1.165) is 24.3 Å². The van der Waals surface area contributed by atoms with Crippen molar-refractivity contribution in [2.45, 2.75) is 46.0 Å². The molecule has 1 amide bonds. The third kappa shape index (κ3) is 5.25. The second-order valence-corrected chi connectivity index (χ2v) is 6.01. The van der Waals surface area contributed by atoms with Crippen molar-refractivity contribution in [2.24, 2.45) is 5.92 Å². The van der Waals surface area contributed by atoms with Crippen molar-refractivity contribution in [3.8, 4) is 0 Å². The second-order valence-electron chi connectivity index (χ2n) is 6.01. The van der Waals surface area contributed by atoms with Crippen LogP contribution in [-0.4, -0.2) is 12.5 Å². The fourth-order valence-corrected chi connectivity index (χ4v) is 2.46. The molecule has 3 nitrogen and oxygen atoms in total. The van der Waals surface area contributed by atoms with Crippen molar-refractivity contribution in [3.63, 3.8) is 0 Å². The van der Waals surface area contributed by atoms with E-state index in [1.807, 2.05) is 38.1 Å². The first-order valence-corrected chi connectivity index (χ1v) is 7.98. The van der Waals surface area contributed by atoms with Gasteiger partial charge in [0.2, 0.25) is 5.91 Å². The van der Waals surface area contributed by atoms with Gasteiger partial charge in [-0.15, -0.1) is 0 Å². The molecule has 114 valence electrons. The van der Waals surface area contributed by atoms with Crippen LogP contribution in [0, 0.1) is 5.92 Å². The summed E-state index contributed by atoms with van der Waals surface area (Å²) in [4.78, 5) is 11.6. The van der Waals surface area contributed by atoms with Crippen LogP contribution >= 0.6 is 0 Å². The van der Waals surface area contributed by atoms with E-state index in [1.165, 1.54) is 25.7 Å². The SMILES string of the molecule is CC(C)C(=O)Nc1ccc(NCCC2=CCCCC2)cc1. The maximum Gasteiger partial charge on any atom is 0.226 e. The highest BCUT2D eigenvalue weighted by Crippen LogP contribution is 2.20. The van der Waals surface area contributed by atoms with Crippen LogP contribution in [0.2, 0.25) is 0 Å². The van der Waals surface area contributed by atoms with Crippen LogP contribution in [0.15, 0.2) is 35.9 Å². The predicted molar refractivity (Wildman–Crippen MR) is 89.6 cm³/mol. The summed E-state index contributed by atoms with van der Waals surface area (Å²) in [6.45, 7) is 4.76. The molecule has 0 aromatic heterocycles. The molecule has 0 aliphatic heterocycles. The summed E-state index contributed by atoms with van der Waals surface area (Å²) in [7, 11) is 0. The number of nitrogens with one attached hydrogen (secondary N) is 2. The van der Waals surface area contributed by atoms with Crippen molar-refractivity contribution in [1.82, 2.24) is 0 Å². The van der Waals surface area contributed by atoms with Crippen molar-refractivity contribution >= 4 is 17.3 Å². The number of hydrogen-bond donors (Lipinski definition) is 2. The molecule has 1 aromatic rings. The monoisotopic (exact) mass is 286 g/mol. The summed E-state index contributed by atoms with van der Waals surface area (Å²) >= 11 is 0. The number of rotatable bonds is 6. The molecule has 21 heavy (non-hydrogen) atoms. The minimum atomic E-state index is 0.00608. The molecule has 0 spiro atoms. The molecule has 2 rings (SSSR count). The number of amides is 1. The minimum absolute atomic E-state index is 0.00608. The van der Waals surface area contributed by atoms with Gasteiger partial charge in [0.1, 0.15) is 0 Å². The van der Waals surface area contributed by atoms with Crippen molar-refractivity contribution in [1.29, 1.82) is 0 Å². The second kappa shape index (κ2) is 7.87. The van der Waals surface area contributed by atoms with Crippen molar-refractivity contribution in [2.75, 3.05) is 17.2 Å². The van der Waals surface area contributed by atoms with Gasteiger partial charge in [-0.25, -0.2) is 0 Å². The van der Waals surface area contributed by atoms with Crippen LogP contribution in [0.1, 0.15) is 46.0 Å². The normalized spacial score (nSPS) is 14.7. The molecule has 0 heterocycles. The van der Waals surface area contributed by atoms with Crippen LogP contribution in [0.3, 0.4) is 0 Å². The fourth-order valence-electron chi connectivity index (χ4n) is 2.46. The van der Waals surface area contributed by atoms with Crippen LogP contribution in [-0.2, 0) is 4.79 Å². The van der Waals surface area contributed by atoms with E-state index < -0.39 is 0 Å². The highest BCUT2D eigenvalue weighted by molar-refractivity contribution is 5.92. The lowest BCUT2D eigenvalue weighted by atomic mass is 9.97. The molecule has 2 N–H and O–H groups in total. The average Bonchev–Trinajstić information content (AvgIpc) is 2.50. The molecule has 0 saturated carbocycles. The zero-order valence-corrected chi connectivity index (χ0v) is 13.1. The van der Waals surface area contributed by atoms with Gasteiger partial charge in [0, 0.05) is 23.8 Å². The van der Waals surface area contributed by atoms with E-state index in [-0.39, 0.29) is 11.8 Å². The molecule has 0 radical (unpaired) electrons. The number of anilines is 2. The van der Waals surface area contributed by atoms with Gasteiger partial charge < -0.3 is 10.6 Å². The summed E-state index contributed by atoms with van der Waals surface area (Å²) in [5, 5.41) is 6.34. The molecule has 0 bridgehead atoms. The quantitative estimate of drug-likeness (QED) is 0.751. The Morgan fingerprint density at radius 2 is 1.86 bits per heavy atom. The Morgan fingerprint density at radius 1 is 1.14 bits per heavy atom. The highest BCUT2D eigenvalue weighted by Gasteiger charge is 2.07. The Balaban J connectivity index is 1.77. The van der Waals surface area contributed by atoms with Crippen molar-refractivity contribution < 1.29 is 4.79 Å². The minimum Gasteiger partial charge on any atom is -0.385 e. The molecular formula is C18H26N2O. The number of carbonyl (C=O) groups excluding carboxylic acids is 1. The van der Waals surface area contributed by atoms with Crippen LogP contribution in [0.25, 0.3) is 0 Å². The van der Waals surface area contributed by atoms with Gasteiger partial charge in [-0.05, 0) is 56.4 Å². The molecule has 3 heteroatoms. The predicted octanol–water partition coefficient (Wildman–Crippen LogP) is 4.58. The number of allylic oxidation sites excluding steroid dienone is 1. The zero-order valence-electron chi connectivity index (χ0n) is 13.1. The Labute approximate surface area is 127 Å². The Kier molecular flexibility index (Phi) is 5.85. The third-order valence-electron chi connectivity index (χ3n) is 3.84. The molecule has 1 aliphatic carbocycles. The number of carbonyl (C=O) groups is 1. The maximum absolute atomic E-state index is 11.6. The van der Waals surface area contributed by atoms with Gasteiger partial charge >= 0.3 is 0 Å². The van der Waals surface area contributed by atoms with E-state index in [2.05, 4.69) is 16.7 Å². The molecule has 1 aromatic carbocycles. The Bertz CT molecular complexity index is 488. The summed E-state index contributed by atoms with van der Waals surface area (Å²) in [5.41, 5.74) is 3.55. The van der Waals surface area contributed by atoms with E-state index in [0.29, 0.717) is 0 Å². The van der Waals surface area contributed by atoms with Gasteiger partial charge in [-0.2, -0.15) is 0 Å². The molecule has 0 atom stereocenters. The molecule has 0 fully saturated rings. The van der Waals surface area contributed by atoms with Crippen LogP contribution in [0.5, 0.6) is 0 Å². The van der Waals surface area contributed by atoms with Gasteiger partial charge in [-0.3, -0.25) is 4.79 Å². The summed E-state index contributed by atoms with van der Waals surface area (Å²) in [6, 6.07) is 7.93. The van der Waals surface area contributed by atoms with Gasteiger partial charge in [0.15, 0.2) is 0 Å². The number of benzene rings is 1. The standard InChI is InChI=1S/C18H26N2O/c1-14(2)18(21)20-17-10-8-16(9-11-17)19-13-12-15-6-4-3-5-7-15/h6,8-11,14,19H,3-5,7,12-13H2,1-2H3,(H,20,21). The number of hydrogen-bond acceptors (Lipinski definition) is 2. The summed E-state index contributed by atoms with van der Waals surface area (Å²) in [5.74, 6) is 0.0616. The topological polar surface area (TPSA) is 41.1 Å². The van der Waals surface area contributed by atoms with Gasteiger partial charge in [-0.1, -0.05) is 25.5 Å². The molecule has 0 unspecified atom stereocenters. The zero-order chi connectivity index (χ0) is 15.1. The lowest BCUT2D eigenvalue weighted by Crippen LogP contribution is -2.17. The van der Waals surface area contributed by atoms with Gasteiger partial charge in [0.05, 0.1) is 0 Å². The van der Waals surface area contributed by atoms with Gasteiger partial charge in [0.25, 0.3) is 0 Å². The molecule has 0 saturated heterocycles. The fraction of sp³-hybridized carbons (Fsp3) is 0.500. The van der Waals surface area contributed by atoms with Crippen LogP contribution in [0.4, 0.5) is 11.4 Å². The van der Waals surface area contributed by atoms with E-state index in [9.17, 15) is 4.79 Å². The average molecular weight is 286 g/mol. The van der Waals surface area contributed by atoms with Crippen LogP contribution < -0.4 is 10.6 Å². The van der Waals surface area contributed by atoms with E-state index in [1.54, 1.807) is 5.57 Å². The Hall–Kier alpha value is -1.77.